The lowest BCUT2D eigenvalue weighted by atomic mass is 9.93. The molecule has 0 bridgehead atoms. The fourth-order valence-electron chi connectivity index (χ4n) is 1.94. The zero-order valence-corrected chi connectivity index (χ0v) is 9.92. The molecule has 0 aliphatic heterocycles. The maximum Gasteiger partial charge on any atom is 0.180 e. The topological polar surface area (TPSA) is 43.1 Å². The Morgan fingerprint density at radius 3 is 2.13 bits per heavy atom. The Morgan fingerprint density at radius 1 is 1.27 bits per heavy atom. The van der Waals surface area contributed by atoms with E-state index in [1.165, 1.54) is 5.56 Å². The van der Waals surface area contributed by atoms with Crippen LogP contribution in [0.1, 0.15) is 40.4 Å². The summed E-state index contributed by atoms with van der Waals surface area (Å²) in [5.41, 5.74) is 9.82. The smallest absolute Gasteiger partial charge is 0.180 e. The van der Waals surface area contributed by atoms with Crippen molar-refractivity contribution < 1.29 is 4.79 Å². The van der Waals surface area contributed by atoms with E-state index in [0.29, 0.717) is 6.42 Å². The SMILES string of the molecule is CC[C@@H](N)C(=O)c1c(C)cc(C)cc1C. The summed E-state index contributed by atoms with van der Waals surface area (Å²) in [5, 5.41) is 0. The summed E-state index contributed by atoms with van der Waals surface area (Å²) in [7, 11) is 0. The minimum Gasteiger partial charge on any atom is -0.321 e. The summed E-state index contributed by atoms with van der Waals surface area (Å²) in [6.45, 7) is 7.90. The monoisotopic (exact) mass is 205 g/mol. The van der Waals surface area contributed by atoms with Crippen LogP contribution in [0, 0.1) is 20.8 Å². The van der Waals surface area contributed by atoms with Crippen molar-refractivity contribution in [2.24, 2.45) is 5.73 Å². The number of benzene rings is 1. The molecular formula is C13H19NO. The predicted molar refractivity (Wildman–Crippen MR) is 63.2 cm³/mol. The molecule has 2 N–H and O–H groups in total. The third-order valence-corrected chi connectivity index (χ3v) is 2.70. The normalized spacial score (nSPS) is 12.6. The van der Waals surface area contributed by atoms with E-state index in [9.17, 15) is 4.79 Å². The molecule has 0 aliphatic rings. The minimum atomic E-state index is -0.370. The molecule has 0 amide bonds. The van der Waals surface area contributed by atoms with Gasteiger partial charge in [-0.25, -0.2) is 0 Å². The number of aryl methyl sites for hydroxylation is 3. The van der Waals surface area contributed by atoms with Gasteiger partial charge in [0.05, 0.1) is 6.04 Å². The summed E-state index contributed by atoms with van der Waals surface area (Å²) < 4.78 is 0. The summed E-state index contributed by atoms with van der Waals surface area (Å²) >= 11 is 0. The van der Waals surface area contributed by atoms with E-state index in [1.807, 2.05) is 39.8 Å². The number of hydrogen-bond acceptors (Lipinski definition) is 2. The van der Waals surface area contributed by atoms with Gasteiger partial charge in [0.15, 0.2) is 5.78 Å². The Morgan fingerprint density at radius 2 is 1.73 bits per heavy atom. The lowest BCUT2D eigenvalue weighted by Gasteiger charge is -2.13. The van der Waals surface area contributed by atoms with Crippen LogP contribution in [0.3, 0.4) is 0 Å². The molecule has 0 saturated carbocycles. The number of Topliss-reactive ketones (excluding diaryl/α,β-unsaturated/α-hetero) is 1. The van der Waals surface area contributed by atoms with E-state index in [1.54, 1.807) is 0 Å². The lowest BCUT2D eigenvalue weighted by molar-refractivity contribution is 0.0958. The van der Waals surface area contributed by atoms with E-state index in [2.05, 4.69) is 0 Å². The molecule has 0 fully saturated rings. The maximum absolute atomic E-state index is 12.0. The van der Waals surface area contributed by atoms with E-state index >= 15 is 0 Å². The summed E-state index contributed by atoms with van der Waals surface area (Å²) in [6, 6.07) is 3.69. The average Bonchev–Trinajstić information content (AvgIpc) is 2.14. The summed E-state index contributed by atoms with van der Waals surface area (Å²) in [6.07, 6.45) is 0.686. The number of nitrogens with two attached hydrogens (primary N) is 1. The molecule has 0 radical (unpaired) electrons. The fourth-order valence-corrected chi connectivity index (χ4v) is 1.94. The van der Waals surface area contributed by atoms with Crippen molar-refractivity contribution in [1.29, 1.82) is 0 Å². The number of ketones is 1. The van der Waals surface area contributed by atoms with Crippen molar-refractivity contribution in [3.05, 3.63) is 34.4 Å². The van der Waals surface area contributed by atoms with Crippen molar-refractivity contribution in [3.8, 4) is 0 Å². The first kappa shape index (κ1) is 11.9. The van der Waals surface area contributed by atoms with E-state index in [-0.39, 0.29) is 11.8 Å². The first-order chi connectivity index (χ1) is 6.97. The maximum atomic E-state index is 12.0. The lowest BCUT2D eigenvalue weighted by Crippen LogP contribution is -2.30. The Kier molecular flexibility index (Phi) is 3.64. The zero-order chi connectivity index (χ0) is 11.6. The molecule has 1 aromatic carbocycles. The molecule has 1 rings (SSSR count). The second-order valence-electron chi connectivity index (χ2n) is 4.15. The van der Waals surface area contributed by atoms with Crippen LogP contribution in [0.4, 0.5) is 0 Å². The highest BCUT2D eigenvalue weighted by Crippen LogP contribution is 2.18. The highest BCUT2D eigenvalue weighted by molar-refractivity contribution is 6.02. The Bertz CT molecular complexity index is 359. The van der Waals surface area contributed by atoms with Crippen molar-refractivity contribution in [3.63, 3.8) is 0 Å². The van der Waals surface area contributed by atoms with Crippen molar-refractivity contribution >= 4 is 5.78 Å². The van der Waals surface area contributed by atoms with Crippen molar-refractivity contribution in [2.45, 2.75) is 40.2 Å². The largest absolute Gasteiger partial charge is 0.321 e. The van der Waals surface area contributed by atoms with Crippen LogP contribution < -0.4 is 5.73 Å². The molecule has 15 heavy (non-hydrogen) atoms. The van der Waals surface area contributed by atoms with Gasteiger partial charge >= 0.3 is 0 Å². The Hall–Kier alpha value is -1.15. The third-order valence-electron chi connectivity index (χ3n) is 2.70. The van der Waals surface area contributed by atoms with E-state index < -0.39 is 0 Å². The fraction of sp³-hybridized carbons (Fsp3) is 0.462. The van der Waals surface area contributed by atoms with Crippen LogP contribution in [-0.4, -0.2) is 11.8 Å². The van der Waals surface area contributed by atoms with Crippen LogP contribution in [0.15, 0.2) is 12.1 Å². The summed E-state index contributed by atoms with van der Waals surface area (Å²) in [5.74, 6) is 0.0625. The molecule has 0 aliphatic carbocycles. The van der Waals surface area contributed by atoms with Gasteiger partial charge in [-0.3, -0.25) is 4.79 Å². The van der Waals surface area contributed by atoms with Crippen LogP contribution in [-0.2, 0) is 0 Å². The highest BCUT2D eigenvalue weighted by Gasteiger charge is 2.18. The molecular weight excluding hydrogens is 186 g/mol. The Labute approximate surface area is 91.5 Å². The molecule has 1 atom stereocenters. The molecule has 0 heterocycles. The van der Waals surface area contributed by atoms with Gasteiger partial charge in [-0.15, -0.1) is 0 Å². The van der Waals surface area contributed by atoms with Crippen LogP contribution >= 0.6 is 0 Å². The second kappa shape index (κ2) is 4.58. The molecule has 0 spiro atoms. The predicted octanol–water partition coefficient (Wildman–Crippen LogP) is 2.53. The van der Waals surface area contributed by atoms with Gasteiger partial charge in [-0.2, -0.15) is 0 Å². The van der Waals surface area contributed by atoms with E-state index in [0.717, 1.165) is 16.7 Å². The van der Waals surface area contributed by atoms with Gasteiger partial charge in [-0.1, -0.05) is 24.6 Å². The first-order valence-electron chi connectivity index (χ1n) is 5.35. The number of rotatable bonds is 3. The molecule has 2 nitrogen and oxygen atoms in total. The highest BCUT2D eigenvalue weighted by atomic mass is 16.1. The van der Waals surface area contributed by atoms with Gasteiger partial charge < -0.3 is 5.73 Å². The summed E-state index contributed by atoms with van der Waals surface area (Å²) in [4.78, 5) is 12.0. The molecule has 2 heteroatoms. The van der Waals surface area contributed by atoms with Gasteiger partial charge in [0.1, 0.15) is 0 Å². The number of hydrogen-bond donors (Lipinski definition) is 1. The standard InChI is InChI=1S/C13H19NO/c1-5-11(14)13(15)12-9(3)6-8(2)7-10(12)4/h6-7,11H,5,14H2,1-4H3/t11-/m1/s1. The van der Waals surface area contributed by atoms with E-state index in [4.69, 9.17) is 5.73 Å². The van der Waals surface area contributed by atoms with Gasteiger partial charge in [-0.05, 0) is 38.3 Å². The van der Waals surface area contributed by atoms with Gasteiger partial charge in [0.25, 0.3) is 0 Å². The third kappa shape index (κ3) is 2.45. The number of carbonyl (C=O) groups is 1. The van der Waals surface area contributed by atoms with Crippen molar-refractivity contribution in [1.82, 2.24) is 0 Å². The number of carbonyl (C=O) groups excluding carboxylic acids is 1. The average molecular weight is 205 g/mol. The van der Waals surface area contributed by atoms with Crippen LogP contribution in [0.2, 0.25) is 0 Å². The van der Waals surface area contributed by atoms with Crippen LogP contribution in [0.5, 0.6) is 0 Å². The van der Waals surface area contributed by atoms with Crippen molar-refractivity contribution in [2.75, 3.05) is 0 Å². The molecule has 0 saturated heterocycles. The second-order valence-corrected chi connectivity index (χ2v) is 4.15. The first-order valence-corrected chi connectivity index (χ1v) is 5.35. The van der Waals surface area contributed by atoms with Gasteiger partial charge in [0, 0.05) is 5.56 Å². The minimum absolute atomic E-state index is 0.0625. The molecule has 1 aromatic rings. The zero-order valence-electron chi connectivity index (χ0n) is 9.92. The molecule has 0 aromatic heterocycles. The quantitative estimate of drug-likeness (QED) is 0.770. The van der Waals surface area contributed by atoms with Crippen LogP contribution in [0.25, 0.3) is 0 Å². The van der Waals surface area contributed by atoms with Gasteiger partial charge in [0.2, 0.25) is 0 Å². The Balaban J connectivity index is 3.20. The molecule has 82 valence electrons. The molecule has 0 unspecified atom stereocenters.